The molecule has 1 amide bonds. The number of alkyl halides is 3. The average Bonchev–Trinajstić information content (AvgIpc) is 3.29. The van der Waals surface area contributed by atoms with E-state index in [4.69, 9.17) is 0 Å². The highest BCUT2D eigenvalue weighted by Gasteiger charge is 2.30. The van der Waals surface area contributed by atoms with Crippen LogP contribution in [0, 0.1) is 17.0 Å². The minimum absolute atomic E-state index is 0.0102. The van der Waals surface area contributed by atoms with Gasteiger partial charge in [0.05, 0.1) is 17.0 Å². The number of para-hydroxylation sites is 1. The average molecular weight is 528 g/mol. The van der Waals surface area contributed by atoms with Gasteiger partial charge >= 0.3 is 6.18 Å². The Morgan fingerprint density at radius 1 is 1.03 bits per heavy atom. The molecular weight excluding hydrogens is 507 g/mol. The molecule has 3 aromatic carbocycles. The first-order valence-electron chi connectivity index (χ1n) is 11.0. The number of nitro groups is 1. The molecule has 0 aliphatic rings. The molecule has 0 saturated heterocycles. The molecule has 0 aliphatic heterocycles. The third kappa shape index (κ3) is 5.97. The number of carbonyl (C=O) groups is 1. The number of hydrogen-bond acceptors (Lipinski definition) is 6. The van der Waals surface area contributed by atoms with Crippen LogP contribution >= 0.6 is 11.8 Å². The van der Waals surface area contributed by atoms with Crippen LogP contribution in [0.2, 0.25) is 0 Å². The molecule has 8 nitrogen and oxygen atoms in total. The Bertz CT molecular complexity index is 1420. The summed E-state index contributed by atoms with van der Waals surface area (Å²) < 4.78 is 40.3. The van der Waals surface area contributed by atoms with Gasteiger partial charge in [-0.05, 0) is 42.8 Å². The van der Waals surface area contributed by atoms with Crippen LogP contribution in [0.5, 0.6) is 0 Å². The van der Waals surface area contributed by atoms with E-state index in [-0.39, 0.29) is 23.4 Å². The van der Waals surface area contributed by atoms with Gasteiger partial charge in [-0.2, -0.15) is 13.2 Å². The van der Waals surface area contributed by atoms with E-state index in [0.717, 1.165) is 17.8 Å². The van der Waals surface area contributed by atoms with E-state index in [0.29, 0.717) is 22.3 Å². The number of halogens is 3. The van der Waals surface area contributed by atoms with Gasteiger partial charge in [-0.25, -0.2) is 0 Å². The van der Waals surface area contributed by atoms with Gasteiger partial charge in [-0.3, -0.25) is 19.5 Å². The maximum absolute atomic E-state index is 12.8. The van der Waals surface area contributed by atoms with Gasteiger partial charge in [0.25, 0.3) is 11.6 Å². The fourth-order valence-electron chi connectivity index (χ4n) is 3.60. The molecule has 0 spiro atoms. The number of rotatable bonds is 8. The summed E-state index contributed by atoms with van der Waals surface area (Å²) in [5, 5.41) is 22.9. The molecule has 12 heteroatoms. The minimum Gasteiger partial charge on any atom is -0.345 e. The Morgan fingerprint density at radius 3 is 2.38 bits per heavy atom. The van der Waals surface area contributed by atoms with E-state index in [1.807, 2.05) is 30.3 Å². The van der Waals surface area contributed by atoms with Crippen LogP contribution in [0.25, 0.3) is 5.69 Å². The van der Waals surface area contributed by atoms with Crippen molar-refractivity contribution in [1.82, 2.24) is 20.1 Å². The standard InChI is InChI=1S/C25H20F3N5O3S/c1-16-20(8-5-9-21(16)33(35)36)23(34)29-14-22-30-31-24(32(22)19-6-3-2-4-7-19)37-15-17-10-12-18(13-11-17)25(26,27)28/h2-13H,14-15H2,1H3,(H,29,34). The van der Waals surface area contributed by atoms with Gasteiger partial charge in [0.2, 0.25) is 0 Å². The summed E-state index contributed by atoms with van der Waals surface area (Å²) in [5.41, 5.74) is 0.974. The second-order valence-electron chi connectivity index (χ2n) is 7.94. The van der Waals surface area contributed by atoms with Crippen LogP contribution in [0.15, 0.2) is 78.0 Å². The predicted molar refractivity (Wildman–Crippen MR) is 131 cm³/mol. The molecule has 0 radical (unpaired) electrons. The summed E-state index contributed by atoms with van der Waals surface area (Å²) in [4.78, 5) is 23.5. The fourth-order valence-corrected chi connectivity index (χ4v) is 4.53. The van der Waals surface area contributed by atoms with Crippen LogP contribution < -0.4 is 5.32 Å². The van der Waals surface area contributed by atoms with Gasteiger partial charge in [0.15, 0.2) is 11.0 Å². The number of aromatic nitrogens is 3. The maximum atomic E-state index is 12.8. The van der Waals surface area contributed by atoms with Crippen molar-refractivity contribution < 1.29 is 22.9 Å². The van der Waals surface area contributed by atoms with Gasteiger partial charge in [-0.15, -0.1) is 10.2 Å². The predicted octanol–water partition coefficient (Wildman–Crippen LogP) is 5.73. The lowest BCUT2D eigenvalue weighted by Crippen LogP contribution is -2.25. The normalized spacial score (nSPS) is 11.4. The van der Waals surface area contributed by atoms with Crippen molar-refractivity contribution in [2.24, 2.45) is 0 Å². The highest BCUT2D eigenvalue weighted by molar-refractivity contribution is 7.98. The number of hydrogen-bond donors (Lipinski definition) is 1. The second kappa shape index (κ2) is 10.8. The Labute approximate surface area is 213 Å². The molecule has 0 bridgehead atoms. The third-order valence-electron chi connectivity index (χ3n) is 5.52. The van der Waals surface area contributed by atoms with Crippen LogP contribution in [0.3, 0.4) is 0 Å². The molecule has 0 unspecified atom stereocenters. The summed E-state index contributed by atoms with van der Waals surface area (Å²) in [6.07, 6.45) is -4.40. The lowest BCUT2D eigenvalue weighted by Gasteiger charge is -2.12. The van der Waals surface area contributed by atoms with Gasteiger partial charge in [-0.1, -0.05) is 48.2 Å². The highest BCUT2D eigenvalue weighted by atomic mass is 32.2. The van der Waals surface area contributed by atoms with Gasteiger partial charge < -0.3 is 5.32 Å². The number of benzene rings is 3. The monoisotopic (exact) mass is 527 g/mol. The smallest absolute Gasteiger partial charge is 0.345 e. The summed E-state index contributed by atoms with van der Waals surface area (Å²) in [7, 11) is 0. The molecule has 0 aliphatic carbocycles. The maximum Gasteiger partial charge on any atom is 0.416 e. The number of nitrogens with one attached hydrogen (secondary N) is 1. The van der Waals surface area contributed by atoms with Gasteiger partial charge in [0.1, 0.15) is 0 Å². The molecular formula is C25H20F3N5O3S. The first-order chi connectivity index (χ1) is 17.6. The fraction of sp³-hybridized carbons (Fsp3) is 0.160. The lowest BCUT2D eigenvalue weighted by molar-refractivity contribution is -0.385. The van der Waals surface area contributed by atoms with E-state index < -0.39 is 22.6 Å². The molecule has 1 aromatic heterocycles. The second-order valence-corrected chi connectivity index (χ2v) is 8.89. The Kier molecular flexibility index (Phi) is 7.58. The van der Waals surface area contributed by atoms with Gasteiger partial charge in [0, 0.05) is 28.6 Å². The van der Waals surface area contributed by atoms with Crippen molar-refractivity contribution in [2.45, 2.75) is 30.6 Å². The van der Waals surface area contributed by atoms with E-state index in [1.54, 1.807) is 4.57 Å². The molecule has 0 atom stereocenters. The number of thioether (sulfide) groups is 1. The van der Waals surface area contributed by atoms with Crippen LogP contribution in [0.4, 0.5) is 18.9 Å². The number of nitrogens with zero attached hydrogens (tertiary/aromatic N) is 4. The molecule has 4 rings (SSSR count). The van der Waals surface area contributed by atoms with Crippen LogP contribution in [-0.2, 0) is 18.5 Å². The van der Waals surface area contributed by atoms with Crippen molar-refractivity contribution in [1.29, 1.82) is 0 Å². The first kappa shape index (κ1) is 25.9. The molecule has 0 fully saturated rings. The first-order valence-corrected chi connectivity index (χ1v) is 11.9. The number of carbonyl (C=O) groups excluding carboxylic acids is 1. The zero-order chi connectivity index (χ0) is 26.6. The number of nitro benzene ring substituents is 1. The SMILES string of the molecule is Cc1c(C(=O)NCc2nnc(SCc3ccc(C(F)(F)F)cc3)n2-c2ccccc2)cccc1[N+](=O)[O-]. The van der Waals surface area contributed by atoms with E-state index in [1.165, 1.54) is 49.0 Å². The summed E-state index contributed by atoms with van der Waals surface area (Å²) in [6.45, 7) is 1.50. The van der Waals surface area contributed by atoms with Crippen molar-refractivity contribution >= 4 is 23.4 Å². The Morgan fingerprint density at radius 2 is 1.73 bits per heavy atom. The third-order valence-corrected chi connectivity index (χ3v) is 6.52. The Balaban J connectivity index is 1.54. The van der Waals surface area contributed by atoms with E-state index >= 15 is 0 Å². The molecule has 4 aromatic rings. The summed E-state index contributed by atoms with van der Waals surface area (Å²) in [6, 6.07) is 18.4. The Hall–Kier alpha value is -4.19. The lowest BCUT2D eigenvalue weighted by atomic mass is 10.1. The topological polar surface area (TPSA) is 103 Å². The molecule has 1 heterocycles. The zero-order valence-corrected chi connectivity index (χ0v) is 20.2. The molecule has 37 heavy (non-hydrogen) atoms. The molecule has 0 saturated carbocycles. The summed E-state index contributed by atoms with van der Waals surface area (Å²) >= 11 is 1.29. The van der Waals surface area contributed by atoms with Crippen LogP contribution in [0.1, 0.15) is 32.9 Å². The van der Waals surface area contributed by atoms with Crippen molar-refractivity contribution in [2.75, 3.05) is 0 Å². The van der Waals surface area contributed by atoms with Crippen molar-refractivity contribution in [3.63, 3.8) is 0 Å². The zero-order valence-electron chi connectivity index (χ0n) is 19.4. The van der Waals surface area contributed by atoms with Crippen molar-refractivity contribution in [3.8, 4) is 5.69 Å². The van der Waals surface area contributed by atoms with Crippen LogP contribution in [-0.4, -0.2) is 25.6 Å². The van der Waals surface area contributed by atoms with Crippen molar-refractivity contribution in [3.05, 3.63) is 111 Å². The largest absolute Gasteiger partial charge is 0.416 e. The minimum atomic E-state index is -4.40. The molecule has 190 valence electrons. The van der Waals surface area contributed by atoms with E-state index in [2.05, 4.69) is 15.5 Å². The summed E-state index contributed by atoms with van der Waals surface area (Å²) in [5.74, 6) is 0.267. The highest BCUT2D eigenvalue weighted by Crippen LogP contribution is 2.31. The van der Waals surface area contributed by atoms with E-state index in [9.17, 15) is 28.1 Å². The molecule has 1 N–H and O–H groups in total. The number of amides is 1. The quantitative estimate of drug-likeness (QED) is 0.179.